The van der Waals surface area contributed by atoms with Crippen molar-refractivity contribution in [3.8, 4) is 5.75 Å². The van der Waals surface area contributed by atoms with Crippen molar-refractivity contribution in [2.24, 2.45) is 0 Å². The second-order valence-electron chi connectivity index (χ2n) is 6.59. The molecule has 146 valence electrons. The first kappa shape index (κ1) is 19.6. The molecule has 2 aromatic carbocycles. The number of nitrogens with two attached hydrogens (primary N) is 1. The number of methoxy groups -OCH3 is 1. The predicted molar refractivity (Wildman–Crippen MR) is 112 cm³/mol. The van der Waals surface area contributed by atoms with Gasteiger partial charge in [0.05, 0.1) is 13.7 Å². The third-order valence-corrected chi connectivity index (χ3v) is 4.34. The van der Waals surface area contributed by atoms with Gasteiger partial charge in [0.25, 0.3) is 0 Å². The first-order chi connectivity index (χ1) is 13.6. The van der Waals surface area contributed by atoms with Crippen LogP contribution in [0.2, 0.25) is 0 Å². The van der Waals surface area contributed by atoms with Crippen molar-refractivity contribution in [2.45, 2.75) is 26.4 Å². The lowest BCUT2D eigenvalue weighted by molar-refractivity contribution is 0.310. The highest BCUT2D eigenvalue weighted by atomic mass is 16.5. The van der Waals surface area contributed by atoms with Gasteiger partial charge < -0.3 is 15.8 Å². The minimum Gasteiger partial charge on any atom is -0.497 e. The van der Waals surface area contributed by atoms with Gasteiger partial charge in [-0.15, -0.1) is 0 Å². The number of ether oxygens (including phenoxy) is 1. The molecule has 3 rings (SSSR count). The molecule has 28 heavy (non-hydrogen) atoms. The zero-order valence-electron chi connectivity index (χ0n) is 16.5. The molecule has 1 heterocycles. The minimum absolute atomic E-state index is 0.205. The molecule has 0 saturated heterocycles. The molecule has 7 nitrogen and oxygen atoms in total. The number of anilines is 3. The Balaban J connectivity index is 1.72. The summed E-state index contributed by atoms with van der Waals surface area (Å²) in [4.78, 5) is 15.2. The summed E-state index contributed by atoms with van der Waals surface area (Å²) in [6.07, 6.45) is 0.917. The van der Waals surface area contributed by atoms with Gasteiger partial charge in [-0.2, -0.15) is 15.0 Å². The fraction of sp³-hybridized carbons (Fsp3) is 0.286. The Bertz CT molecular complexity index is 930. The summed E-state index contributed by atoms with van der Waals surface area (Å²) in [5, 5.41) is 3.27. The summed E-state index contributed by atoms with van der Waals surface area (Å²) in [5.41, 5.74) is 9.24. The van der Waals surface area contributed by atoms with Crippen LogP contribution in [0.25, 0.3) is 0 Å². The van der Waals surface area contributed by atoms with Crippen LogP contribution in [0.4, 0.5) is 17.6 Å². The summed E-state index contributed by atoms with van der Waals surface area (Å²) in [6, 6.07) is 16.1. The summed E-state index contributed by atoms with van der Waals surface area (Å²) in [7, 11) is 3.68. The number of benzene rings is 2. The summed E-state index contributed by atoms with van der Waals surface area (Å²) >= 11 is 0. The van der Waals surface area contributed by atoms with Gasteiger partial charge in [0.1, 0.15) is 11.6 Å². The van der Waals surface area contributed by atoms with Crippen LogP contribution in [-0.4, -0.2) is 34.0 Å². The minimum atomic E-state index is 0.205. The molecular formula is C21H26N6O. The molecule has 0 atom stereocenters. The molecule has 0 radical (unpaired) electrons. The molecule has 0 fully saturated rings. The molecule has 1 aromatic heterocycles. The molecule has 0 bridgehead atoms. The lowest BCUT2D eigenvalue weighted by Crippen LogP contribution is -2.20. The highest BCUT2D eigenvalue weighted by Gasteiger charge is 2.10. The maximum absolute atomic E-state index is 5.91. The number of hydrogen-bond acceptors (Lipinski definition) is 7. The Morgan fingerprint density at radius 1 is 1.04 bits per heavy atom. The quantitative estimate of drug-likeness (QED) is 0.621. The van der Waals surface area contributed by atoms with Crippen LogP contribution in [0.15, 0.2) is 48.5 Å². The van der Waals surface area contributed by atoms with Crippen molar-refractivity contribution in [1.29, 1.82) is 0 Å². The van der Waals surface area contributed by atoms with E-state index in [-0.39, 0.29) is 5.95 Å². The Morgan fingerprint density at radius 3 is 2.64 bits per heavy atom. The van der Waals surface area contributed by atoms with Gasteiger partial charge in [0.15, 0.2) is 0 Å². The van der Waals surface area contributed by atoms with Gasteiger partial charge in [-0.25, -0.2) is 0 Å². The van der Waals surface area contributed by atoms with Crippen molar-refractivity contribution in [3.63, 3.8) is 0 Å². The summed E-state index contributed by atoms with van der Waals surface area (Å²) in [6.45, 7) is 3.40. The van der Waals surface area contributed by atoms with E-state index in [1.54, 1.807) is 7.11 Å². The number of nitrogen functional groups attached to an aromatic ring is 1. The smallest absolute Gasteiger partial charge is 0.232 e. The first-order valence-corrected chi connectivity index (χ1v) is 9.24. The van der Waals surface area contributed by atoms with Crippen LogP contribution in [0, 0.1) is 0 Å². The molecule has 3 N–H and O–H groups in total. The Kier molecular flexibility index (Phi) is 6.39. The molecule has 0 amide bonds. The van der Waals surface area contributed by atoms with E-state index < -0.39 is 0 Å². The monoisotopic (exact) mass is 378 g/mol. The fourth-order valence-corrected chi connectivity index (χ4v) is 3.02. The van der Waals surface area contributed by atoms with Gasteiger partial charge in [-0.1, -0.05) is 37.3 Å². The van der Waals surface area contributed by atoms with Crippen molar-refractivity contribution >= 4 is 17.6 Å². The molecular weight excluding hydrogens is 352 g/mol. The second kappa shape index (κ2) is 9.14. The normalized spacial score (nSPS) is 10.9. The van der Waals surface area contributed by atoms with E-state index in [0.717, 1.165) is 30.0 Å². The zero-order valence-corrected chi connectivity index (χ0v) is 16.5. The molecule has 0 aliphatic heterocycles. The van der Waals surface area contributed by atoms with Gasteiger partial charge in [-0.05, 0) is 42.8 Å². The Hall–Kier alpha value is -3.19. The number of aryl methyl sites for hydroxylation is 1. The van der Waals surface area contributed by atoms with E-state index >= 15 is 0 Å². The molecule has 0 saturated carbocycles. The fourth-order valence-electron chi connectivity index (χ4n) is 3.02. The highest BCUT2D eigenvalue weighted by molar-refractivity contribution is 5.58. The standard InChI is InChI=1S/C21H26N6O/c1-4-16-9-5-6-11-18(16)23-21-25-19(24-20(22)26-21)14-27(2)13-15-8-7-10-17(12-15)28-3/h5-12H,4,13-14H2,1-3H3,(H3,22,23,24,25,26). The Labute approximate surface area is 165 Å². The lowest BCUT2D eigenvalue weighted by Gasteiger charge is -2.17. The number of para-hydroxylation sites is 1. The van der Waals surface area contributed by atoms with Crippen molar-refractivity contribution in [1.82, 2.24) is 19.9 Å². The average molecular weight is 378 g/mol. The largest absolute Gasteiger partial charge is 0.497 e. The van der Waals surface area contributed by atoms with Gasteiger partial charge in [-0.3, -0.25) is 4.90 Å². The van der Waals surface area contributed by atoms with E-state index in [2.05, 4.69) is 44.2 Å². The van der Waals surface area contributed by atoms with Crippen molar-refractivity contribution in [2.75, 3.05) is 25.2 Å². The number of nitrogens with one attached hydrogen (secondary N) is 1. The van der Waals surface area contributed by atoms with Crippen molar-refractivity contribution < 1.29 is 4.74 Å². The van der Waals surface area contributed by atoms with E-state index in [4.69, 9.17) is 10.5 Å². The third-order valence-electron chi connectivity index (χ3n) is 4.34. The Morgan fingerprint density at radius 2 is 1.86 bits per heavy atom. The third kappa shape index (κ3) is 5.17. The number of nitrogens with zero attached hydrogens (tertiary/aromatic N) is 4. The van der Waals surface area contributed by atoms with E-state index in [9.17, 15) is 0 Å². The molecule has 0 aliphatic carbocycles. The summed E-state index contributed by atoms with van der Waals surface area (Å²) < 4.78 is 5.29. The van der Waals surface area contributed by atoms with Crippen molar-refractivity contribution in [3.05, 3.63) is 65.5 Å². The SMILES string of the molecule is CCc1ccccc1Nc1nc(N)nc(CN(C)Cc2cccc(OC)c2)n1. The van der Waals surface area contributed by atoms with E-state index in [1.807, 2.05) is 43.4 Å². The maximum Gasteiger partial charge on any atom is 0.232 e. The molecule has 0 unspecified atom stereocenters. The zero-order chi connectivity index (χ0) is 19.9. The first-order valence-electron chi connectivity index (χ1n) is 9.24. The van der Waals surface area contributed by atoms with Gasteiger partial charge in [0.2, 0.25) is 11.9 Å². The molecule has 7 heteroatoms. The van der Waals surface area contributed by atoms with Crippen LogP contribution >= 0.6 is 0 Å². The van der Waals surface area contributed by atoms with Crippen LogP contribution in [-0.2, 0) is 19.5 Å². The maximum atomic E-state index is 5.91. The number of aromatic nitrogens is 3. The number of rotatable bonds is 8. The number of hydrogen-bond donors (Lipinski definition) is 2. The second-order valence-corrected chi connectivity index (χ2v) is 6.59. The predicted octanol–water partition coefficient (Wildman–Crippen LogP) is 3.40. The highest BCUT2D eigenvalue weighted by Crippen LogP contribution is 2.20. The molecule has 3 aromatic rings. The van der Waals surface area contributed by atoms with Crippen LogP contribution in [0.5, 0.6) is 5.75 Å². The van der Waals surface area contributed by atoms with Crippen LogP contribution < -0.4 is 15.8 Å². The molecule has 0 aliphatic rings. The van der Waals surface area contributed by atoms with Crippen LogP contribution in [0.3, 0.4) is 0 Å². The van der Waals surface area contributed by atoms with Gasteiger partial charge in [0, 0.05) is 12.2 Å². The van der Waals surface area contributed by atoms with E-state index in [0.29, 0.717) is 18.3 Å². The van der Waals surface area contributed by atoms with Gasteiger partial charge >= 0.3 is 0 Å². The molecule has 0 spiro atoms. The topological polar surface area (TPSA) is 89.2 Å². The average Bonchev–Trinajstić information content (AvgIpc) is 2.68. The summed E-state index contributed by atoms with van der Waals surface area (Å²) in [5.74, 6) is 2.13. The van der Waals surface area contributed by atoms with E-state index in [1.165, 1.54) is 5.56 Å². The lowest BCUT2D eigenvalue weighted by atomic mass is 10.1. The van der Waals surface area contributed by atoms with Crippen LogP contribution in [0.1, 0.15) is 23.9 Å².